The van der Waals surface area contributed by atoms with Gasteiger partial charge in [-0.25, -0.2) is 0 Å². The second-order valence-corrected chi connectivity index (χ2v) is 5.71. The zero-order chi connectivity index (χ0) is 13.1. The molecule has 0 saturated carbocycles. The first kappa shape index (κ1) is 13.0. The van der Waals surface area contributed by atoms with Gasteiger partial charge in [-0.05, 0) is 18.6 Å². The summed E-state index contributed by atoms with van der Waals surface area (Å²) in [6.07, 6.45) is 0. The predicted molar refractivity (Wildman–Crippen MR) is 72.3 cm³/mol. The van der Waals surface area contributed by atoms with Crippen molar-refractivity contribution >= 4 is 17.7 Å². The Morgan fingerprint density at radius 2 is 2.33 bits per heavy atom. The number of hydrogen-bond donors (Lipinski definition) is 0. The summed E-state index contributed by atoms with van der Waals surface area (Å²) < 4.78 is 0. The summed E-state index contributed by atoms with van der Waals surface area (Å²) in [5.74, 6) is 0.753. The minimum atomic E-state index is -0.122. The normalized spacial score (nSPS) is 18.8. The third-order valence-electron chi connectivity index (χ3n) is 3.14. The first-order valence-corrected chi connectivity index (χ1v) is 6.98. The maximum absolute atomic E-state index is 12.4. The van der Waals surface area contributed by atoms with Crippen molar-refractivity contribution in [3.63, 3.8) is 0 Å². The van der Waals surface area contributed by atoms with Gasteiger partial charge in [0.05, 0.1) is 17.9 Å². The lowest BCUT2D eigenvalue weighted by atomic mass is 9.99. The first-order valence-electron chi connectivity index (χ1n) is 5.99. The topological polar surface area (TPSA) is 44.1 Å². The van der Waals surface area contributed by atoms with Crippen LogP contribution in [-0.2, 0) is 4.79 Å². The van der Waals surface area contributed by atoms with E-state index in [0.717, 1.165) is 11.3 Å². The van der Waals surface area contributed by atoms with E-state index in [1.54, 1.807) is 23.7 Å². The number of fused-ring (bicyclic) bond motifs is 1. The lowest BCUT2D eigenvalue weighted by molar-refractivity contribution is -0.131. The maximum atomic E-state index is 12.4. The quantitative estimate of drug-likeness (QED) is 0.838. The molecule has 1 aromatic rings. The summed E-state index contributed by atoms with van der Waals surface area (Å²) in [6.45, 7) is 2.33. The van der Waals surface area contributed by atoms with E-state index < -0.39 is 0 Å². The molecule has 1 aliphatic rings. The van der Waals surface area contributed by atoms with Gasteiger partial charge in [0, 0.05) is 24.2 Å². The largest absolute Gasteiger partial charge is 0.344 e. The molecule has 1 aromatic carbocycles. The molecular formula is C14H16N2OS. The number of carbonyl (C=O) groups is 1. The van der Waals surface area contributed by atoms with Gasteiger partial charge < -0.3 is 4.90 Å². The third-order valence-corrected chi connectivity index (χ3v) is 4.33. The summed E-state index contributed by atoms with van der Waals surface area (Å²) in [4.78, 5) is 15.3. The molecule has 0 N–H and O–H groups in total. The second-order valence-electron chi connectivity index (χ2n) is 4.65. The molecular weight excluding hydrogens is 244 g/mol. The Balaban J connectivity index is 2.10. The van der Waals surface area contributed by atoms with Crippen LogP contribution in [0.1, 0.15) is 18.4 Å². The molecule has 94 valence electrons. The van der Waals surface area contributed by atoms with Crippen LogP contribution >= 0.6 is 11.8 Å². The van der Waals surface area contributed by atoms with Crippen molar-refractivity contribution in [2.24, 2.45) is 5.92 Å². The number of nitriles is 1. The number of thioether (sulfide) groups is 1. The SMILES string of the molecule is CC(C#N)CN(C)C(=O)C1CSc2ccccc21. The van der Waals surface area contributed by atoms with Gasteiger partial charge >= 0.3 is 0 Å². The van der Waals surface area contributed by atoms with Crippen LogP contribution in [0.2, 0.25) is 0 Å². The van der Waals surface area contributed by atoms with Crippen LogP contribution in [0.4, 0.5) is 0 Å². The van der Waals surface area contributed by atoms with Gasteiger partial charge in [0.25, 0.3) is 0 Å². The van der Waals surface area contributed by atoms with Crippen molar-refractivity contribution in [3.8, 4) is 6.07 Å². The number of likely N-dealkylation sites (N-methyl/N-ethyl adjacent to an activating group) is 1. The third kappa shape index (κ3) is 2.51. The Bertz CT molecular complexity index is 495. The Labute approximate surface area is 112 Å². The average Bonchev–Trinajstić information content (AvgIpc) is 2.81. The molecule has 0 saturated heterocycles. The predicted octanol–water partition coefficient (Wildman–Crippen LogP) is 2.49. The van der Waals surface area contributed by atoms with Gasteiger partial charge in [-0.15, -0.1) is 11.8 Å². The maximum Gasteiger partial charge on any atom is 0.230 e. The van der Waals surface area contributed by atoms with E-state index >= 15 is 0 Å². The Kier molecular flexibility index (Phi) is 3.93. The standard InChI is InChI=1S/C14H16N2OS/c1-10(7-15)8-16(2)14(17)12-9-18-13-6-4-3-5-11(12)13/h3-6,10,12H,8-9H2,1-2H3. The highest BCUT2D eigenvalue weighted by atomic mass is 32.2. The Morgan fingerprint density at radius 1 is 1.61 bits per heavy atom. The van der Waals surface area contributed by atoms with E-state index in [0.29, 0.717) is 6.54 Å². The summed E-state index contributed by atoms with van der Waals surface area (Å²) in [6, 6.07) is 10.2. The van der Waals surface area contributed by atoms with E-state index in [9.17, 15) is 4.79 Å². The molecule has 2 atom stereocenters. The second kappa shape index (κ2) is 5.45. The van der Waals surface area contributed by atoms with Crippen LogP contribution in [0.3, 0.4) is 0 Å². The Hall–Kier alpha value is -1.47. The van der Waals surface area contributed by atoms with Crippen molar-refractivity contribution in [1.29, 1.82) is 5.26 Å². The van der Waals surface area contributed by atoms with Crippen molar-refractivity contribution in [2.75, 3.05) is 19.3 Å². The van der Waals surface area contributed by atoms with Crippen LogP contribution < -0.4 is 0 Å². The Morgan fingerprint density at radius 3 is 3.06 bits per heavy atom. The summed E-state index contributed by atoms with van der Waals surface area (Å²) in [5, 5.41) is 8.80. The van der Waals surface area contributed by atoms with Gasteiger partial charge in [-0.3, -0.25) is 4.79 Å². The fourth-order valence-corrected chi connectivity index (χ4v) is 3.39. The molecule has 18 heavy (non-hydrogen) atoms. The number of rotatable bonds is 3. The van der Waals surface area contributed by atoms with E-state index in [1.807, 2.05) is 25.1 Å². The number of hydrogen-bond acceptors (Lipinski definition) is 3. The van der Waals surface area contributed by atoms with Crippen molar-refractivity contribution in [3.05, 3.63) is 29.8 Å². The summed E-state index contributed by atoms with van der Waals surface area (Å²) in [5.41, 5.74) is 1.13. The zero-order valence-corrected chi connectivity index (χ0v) is 11.4. The van der Waals surface area contributed by atoms with Crippen LogP contribution in [0.5, 0.6) is 0 Å². The minimum Gasteiger partial charge on any atom is -0.344 e. The van der Waals surface area contributed by atoms with Crippen molar-refractivity contribution in [1.82, 2.24) is 4.90 Å². The number of amides is 1. The smallest absolute Gasteiger partial charge is 0.230 e. The lowest BCUT2D eigenvalue weighted by Crippen LogP contribution is -2.34. The summed E-state index contributed by atoms with van der Waals surface area (Å²) >= 11 is 1.73. The molecule has 0 fully saturated rings. The van der Waals surface area contributed by atoms with E-state index in [4.69, 9.17) is 5.26 Å². The van der Waals surface area contributed by atoms with Crippen molar-refractivity contribution < 1.29 is 4.79 Å². The molecule has 2 rings (SSSR count). The number of benzene rings is 1. The highest BCUT2D eigenvalue weighted by Crippen LogP contribution is 2.40. The van der Waals surface area contributed by atoms with Crippen molar-refractivity contribution in [2.45, 2.75) is 17.7 Å². The van der Waals surface area contributed by atoms with E-state index in [1.165, 1.54) is 4.90 Å². The number of nitrogens with zero attached hydrogens (tertiary/aromatic N) is 2. The molecule has 1 aliphatic heterocycles. The van der Waals surface area contributed by atoms with Crippen LogP contribution in [-0.4, -0.2) is 30.2 Å². The average molecular weight is 260 g/mol. The van der Waals surface area contributed by atoms with Gasteiger partial charge in [-0.2, -0.15) is 5.26 Å². The highest BCUT2D eigenvalue weighted by molar-refractivity contribution is 7.99. The summed E-state index contributed by atoms with van der Waals surface area (Å²) in [7, 11) is 1.78. The zero-order valence-electron chi connectivity index (χ0n) is 10.6. The molecule has 0 aliphatic carbocycles. The van der Waals surface area contributed by atoms with Gasteiger partial charge in [0.2, 0.25) is 5.91 Å². The fourth-order valence-electron chi connectivity index (χ4n) is 2.17. The molecule has 4 heteroatoms. The molecule has 3 nitrogen and oxygen atoms in total. The minimum absolute atomic E-state index is 0.0536. The van der Waals surface area contributed by atoms with Gasteiger partial charge in [0.1, 0.15) is 0 Å². The fraction of sp³-hybridized carbons (Fsp3) is 0.429. The van der Waals surface area contributed by atoms with E-state index in [-0.39, 0.29) is 17.7 Å². The molecule has 0 spiro atoms. The molecule has 0 aromatic heterocycles. The van der Waals surface area contributed by atoms with Crippen LogP contribution in [0.15, 0.2) is 29.2 Å². The molecule has 1 heterocycles. The van der Waals surface area contributed by atoms with Gasteiger partial charge in [0.15, 0.2) is 0 Å². The molecule has 0 radical (unpaired) electrons. The molecule has 2 unspecified atom stereocenters. The monoisotopic (exact) mass is 260 g/mol. The van der Waals surface area contributed by atoms with Crippen LogP contribution in [0.25, 0.3) is 0 Å². The lowest BCUT2D eigenvalue weighted by Gasteiger charge is -2.22. The highest BCUT2D eigenvalue weighted by Gasteiger charge is 2.31. The van der Waals surface area contributed by atoms with Gasteiger partial charge in [-0.1, -0.05) is 18.2 Å². The molecule has 0 bridgehead atoms. The molecule has 1 amide bonds. The van der Waals surface area contributed by atoms with Crippen LogP contribution in [0, 0.1) is 17.2 Å². The first-order chi connectivity index (χ1) is 8.63. The number of carbonyl (C=O) groups excluding carboxylic acids is 1. The van der Waals surface area contributed by atoms with E-state index in [2.05, 4.69) is 12.1 Å².